The number of amides is 1. The molecule has 58 valence electrons. The van der Waals surface area contributed by atoms with Gasteiger partial charge in [-0.05, 0) is 12.7 Å². The van der Waals surface area contributed by atoms with Gasteiger partial charge >= 0.3 is 0 Å². The molecule has 0 aromatic rings. The van der Waals surface area contributed by atoms with E-state index < -0.39 is 0 Å². The second-order valence-electron chi connectivity index (χ2n) is 2.12. The van der Waals surface area contributed by atoms with Gasteiger partial charge in [-0.3, -0.25) is 9.63 Å². The van der Waals surface area contributed by atoms with Gasteiger partial charge in [0.1, 0.15) is 0 Å². The molecule has 0 bridgehead atoms. The molecule has 0 aliphatic carbocycles. The van der Waals surface area contributed by atoms with Crippen LogP contribution in [0.15, 0.2) is 0 Å². The van der Waals surface area contributed by atoms with Gasteiger partial charge in [0.25, 0.3) is 5.91 Å². The second kappa shape index (κ2) is 3.83. The maximum Gasteiger partial charge on any atom is 0.256 e. The van der Waals surface area contributed by atoms with Crippen LogP contribution in [-0.2, 0) is 9.63 Å². The summed E-state index contributed by atoms with van der Waals surface area (Å²) in [4.78, 5) is 16.1. The highest BCUT2D eigenvalue weighted by Crippen LogP contribution is 2.06. The molecule has 0 aromatic carbocycles. The first-order valence-corrected chi connectivity index (χ1v) is 4.66. The van der Waals surface area contributed by atoms with E-state index in [1.807, 2.05) is 6.26 Å². The maximum atomic E-state index is 11.0. The van der Waals surface area contributed by atoms with Crippen LogP contribution in [0.25, 0.3) is 0 Å². The van der Waals surface area contributed by atoms with Gasteiger partial charge in [0.2, 0.25) is 0 Å². The van der Waals surface area contributed by atoms with Crippen molar-refractivity contribution in [2.45, 2.75) is 6.42 Å². The number of carbonyl (C=O) groups is 1. The van der Waals surface area contributed by atoms with Gasteiger partial charge in [-0.2, -0.15) is 11.8 Å². The normalized spacial score (nSPS) is 17.9. The van der Waals surface area contributed by atoms with Crippen LogP contribution in [0.1, 0.15) is 6.42 Å². The quantitative estimate of drug-likeness (QED) is 0.591. The number of nitrogens with zero attached hydrogens (tertiary/aromatic N) is 1. The number of rotatable bonds is 2. The lowest BCUT2D eigenvalue weighted by atomic mass is 10.5. The third kappa shape index (κ3) is 1.88. The molecular formula is C6H11NO2S. The van der Waals surface area contributed by atoms with Crippen molar-refractivity contribution in [3.63, 3.8) is 0 Å². The number of hydrogen-bond donors (Lipinski definition) is 0. The van der Waals surface area contributed by atoms with Crippen LogP contribution >= 0.6 is 11.8 Å². The predicted molar refractivity (Wildman–Crippen MR) is 40.7 cm³/mol. The average molecular weight is 161 g/mol. The standard InChI is InChI=1S/C6H11NO2S/c1-10-5-6(8)7-3-2-4-9-7/h2-5H2,1H3. The Morgan fingerprint density at radius 2 is 2.60 bits per heavy atom. The van der Waals surface area contributed by atoms with E-state index in [9.17, 15) is 4.79 Å². The zero-order valence-corrected chi connectivity index (χ0v) is 6.82. The molecule has 0 atom stereocenters. The van der Waals surface area contributed by atoms with Crippen molar-refractivity contribution in [1.82, 2.24) is 5.06 Å². The van der Waals surface area contributed by atoms with Crippen molar-refractivity contribution < 1.29 is 9.63 Å². The highest BCUT2D eigenvalue weighted by atomic mass is 32.2. The first kappa shape index (κ1) is 7.88. The molecule has 1 rings (SSSR count). The highest BCUT2D eigenvalue weighted by Gasteiger charge is 2.17. The monoisotopic (exact) mass is 161 g/mol. The minimum atomic E-state index is 0.0880. The largest absolute Gasteiger partial charge is 0.272 e. The van der Waals surface area contributed by atoms with E-state index in [4.69, 9.17) is 4.84 Å². The number of hydroxylamine groups is 2. The van der Waals surface area contributed by atoms with E-state index in [1.165, 1.54) is 16.8 Å². The van der Waals surface area contributed by atoms with Gasteiger partial charge in [-0.15, -0.1) is 0 Å². The first-order chi connectivity index (χ1) is 4.84. The van der Waals surface area contributed by atoms with Crippen molar-refractivity contribution in [3.05, 3.63) is 0 Å². The van der Waals surface area contributed by atoms with Gasteiger partial charge in [0.15, 0.2) is 0 Å². The minimum absolute atomic E-state index is 0.0880. The molecular weight excluding hydrogens is 150 g/mol. The van der Waals surface area contributed by atoms with E-state index in [0.717, 1.165) is 13.0 Å². The van der Waals surface area contributed by atoms with Crippen molar-refractivity contribution in [3.8, 4) is 0 Å². The third-order valence-corrected chi connectivity index (χ3v) is 1.83. The van der Waals surface area contributed by atoms with Crippen molar-refractivity contribution in [2.24, 2.45) is 0 Å². The fourth-order valence-electron chi connectivity index (χ4n) is 0.840. The summed E-state index contributed by atoms with van der Waals surface area (Å²) in [6.45, 7) is 1.46. The topological polar surface area (TPSA) is 29.5 Å². The molecule has 1 heterocycles. The van der Waals surface area contributed by atoms with Crippen molar-refractivity contribution in [1.29, 1.82) is 0 Å². The summed E-state index contributed by atoms with van der Waals surface area (Å²) in [6.07, 6.45) is 2.88. The Morgan fingerprint density at radius 3 is 3.10 bits per heavy atom. The molecule has 10 heavy (non-hydrogen) atoms. The molecule has 1 amide bonds. The maximum absolute atomic E-state index is 11.0. The van der Waals surface area contributed by atoms with E-state index in [1.54, 1.807) is 0 Å². The molecule has 1 aliphatic heterocycles. The van der Waals surface area contributed by atoms with Crippen LogP contribution in [-0.4, -0.2) is 36.1 Å². The Balaban J connectivity index is 2.25. The summed E-state index contributed by atoms with van der Waals surface area (Å²) in [6, 6.07) is 0. The van der Waals surface area contributed by atoms with Crippen LogP contribution in [0, 0.1) is 0 Å². The molecule has 4 heteroatoms. The lowest BCUT2D eigenvalue weighted by molar-refractivity contribution is -0.165. The van der Waals surface area contributed by atoms with Crippen molar-refractivity contribution in [2.75, 3.05) is 25.2 Å². The molecule has 1 fully saturated rings. The van der Waals surface area contributed by atoms with E-state index in [0.29, 0.717) is 12.4 Å². The van der Waals surface area contributed by atoms with Crippen LogP contribution in [0.3, 0.4) is 0 Å². The zero-order chi connectivity index (χ0) is 7.40. The van der Waals surface area contributed by atoms with E-state index >= 15 is 0 Å². The number of carbonyl (C=O) groups excluding carboxylic acids is 1. The van der Waals surface area contributed by atoms with E-state index in [2.05, 4.69) is 0 Å². The molecule has 0 aromatic heterocycles. The summed E-state index contributed by atoms with van der Waals surface area (Å²) >= 11 is 1.53. The summed E-state index contributed by atoms with van der Waals surface area (Å²) in [7, 11) is 0. The van der Waals surface area contributed by atoms with Crippen LogP contribution in [0.4, 0.5) is 0 Å². The third-order valence-electron chi connectivity index (χ3n) is 1.30. The van der Waals surface area contributed by atoms with Gasteiger partial charge in [-0.1, -0.05) is 0 Å². The fourth-order valence-corrected chi connectivity index (χ4v) is 1.23. The van der Waals surface area contributed by atoms with Gasteiger partial charge in [0.05, 0.1) is 18.9 Å². The Hall–Kier alpha value is -0.220. The Morgan fingerprint density at radius 1 is 1.80 bits per heavy atom. The van der Waals surface area contributed by atoms with Crippen LogP contribution in [0.2, 0.25) is 0 Å². The summed E-state index contributed by atoms with van der Waals surface area (Å²) in [5.74, 6) is 0.616. The van der Waals surface area contributed by atoms with E-state index in [-0.39, 0.29) is 5.91 Å². The van der Waals surface area contributed by atoms with Crippen LogP contribution < -0.4 is 0 Å². The average Bonchev–Trinajstić information content (AvgIpc) is 2.38. The molecule has 1 saturated heterocycles. The summed E-state index contributed by atoms with van der Waals surface area (Å²) in [5.41, 5.74) is 0. The summed E-state index contributed by atoms with van der Waals surface area (Å²) in [5, 5.41) is 1.45. The van der Waals surface area contributed by atoms with Crippen LogP contribution in [0.5, 0.6) is 0 Å². The zero-order valence-electron chi connectivity index (χ0n) is 6.00. The molecule has 0 spiro atoms. The highest BCUT2D eigenvalue weighted by molar-refractivity contribution is 7.99. The lowest BCUT2D eigenvalue weighted by Gasteiger charge is -2.11. The molecule has 0 N–H and O–H groups in total. The second-order valence-corrected chi connectivity index (χ2v) is 2.98. The molecule has 0 radical (unpaired) electrons. The van der Waals surface area contributed by atoms with Gasteiger partial charge in [-0.25, -0.2) is 5.06 Å². The Labute approximate surface area is 64.7 Å². The van der Waals surface area contributed by atoms with Gasteiger partial charge in [0, 0.05) is 0 Å². The first-order valence-electron chi connectivity index (χ1n) is 3.27. The number of thioether (sulfide) groups is 1. The predicted octanol–water partition coefficient (Wildman–Crippen LogP) is 0.513. The minimum Gasteiger partial charge on any atom is -0.272 e. The van der Waals surface area contributed by atoms with Gasteiger partial charge < -0.3 is 0 Å². The Bertz CT molecular complexity index is 123. The smallest absolute Gasteiger partial charge is 0.256 e. The SMILES string of the molecule is CSCC(=O)N1CCCO1. The molecule has 1 aliphatic rings. The summed E-state index contributed by atoms with van der Waals surface area (Å²) < 4.78 is 0. The van der Waals surface area contributed by atoms with Crippen molar-refractivity contribution >= 4 is 17.7 Å². The molecule has 3 nitrogen and oxygen atoms in total. The number of hydrogen-bond acceptors (Lipinski definition) is 3. The molecule has 0 saturated carbocycles. The Kier molecular flexibility index (Phi) is 3.02. The lowest BCUT2D eigenvalue weighted by Crippen LogP contribution is -2.27. The fraction of sp³-hybridized carbons (Fsp3) is 0.833. The molecule has 0 unspecified atom stereocenters.